The number of nitrogens with two attached hydrogens (primary N) is 1. The summed E-state index contributed by atoms with van der Waals surface area (Å²) in [6.07, 6.45) is 0. The second-order valence-corrected chi connectivity index (χ2v) is 8.30. The van der Waals surface area contributed by atoms with Gasteiger partial charge in [0.15, 0.2) is 6.04 Å². The molecular formula is C21H31FN4O4. The van der Waals surface area contributed by atoms with Crippen molar-refractivity contribution in [2.24, 2.45) is 17.6 Å². The first kappa shape index (κ1) is 23.8. The Balaban J connectivity index is 2.20. The number of hydrogen-bond donors (Lipinski definition) is 2. The number of rotatable bonds is 9. The molecule has 0 aromatic heterocycles. The zero-order chi connectivity index (χ0) is 22.4. The molecule has 30 heavy (non-hydrogen) atoms. The number of halogens is 1. The van der Waals surface area contributed by atoms with E-state index in [0.717, 1.165) is 0 Å². The molecule has 1 atom stereocenters. The number of benzene rings is 1. The van der Waals surface area contributed by atoms with E-state index in [-0.39, 0.29) is 30.0 Å². The van der Waals surface area contributed by atoms with Gasteiger partial charge in [-0.2, -0.15) is 0 Å². The fraction of sp³-hybridized carbons (Fsp3) is 0.571. The average Bonchev–Trinajstić information content (AvgIpc) is 2.62. The molecule has 0 aliphatic carbocycles. The van der Waals surface area contributed by atoms with Gasteiger partial charge in [-0.25, -0.2) is 4.39 Å². The van der Waals surface area contributed by atoms with Crippen LogP contribution in [0.15, 0.2) is 18.2 Å². The van der Waals surface area contributed by atoms with Crippen molar-refractivity contribution in [2.45, 2.75) is 33.7 Å². The molecular weight excluding hydrogens is 391 g/mol. The molecule has 1 saturated heterocycles. The summed E-state index contributed by atoms with van der Waals surface area (Å²) in [6, 6.07) is 2.88. The predicted octanol–water partition coefficient (Wildman–Crippen LogP) is 1.60. The second kappa shape index (κ2) is 10.5. The van der Waals surface area contributed by atoms with E-state index in [4.69, 9.17) is 10.5 Å². The predicted molar refractivity (Wildman–Crippen MR) is 112 cm³/mol. The van der Waals surface area contributed by atoms with E-state index in [1.807, 2.05) is 27.7 Å². The van der Waals surface area contributed by atoms with Crippen molar-refractivity contribution < 1.29 is 23.5 Å². The molecule has 3 N–H and O–H groups in total. The first-order chi connectivity index (χ1) is 14.1. The summed E-state index contributed by atoms with van der Waals surface area (Å²) in [7, 11) is 0. The van der Waals surface area contributed by atoms with Crippen LogP contribution in [-0.2, 0) is 19.1 Å². The lowest BCUT2D eigenvalue weighted by Gasteiger charge is -2.31. The topological polar surface area (TPSA) is 105 Å². The van der Waals surface area contributed by atoms with Gasteiger partial charge in [0, 0.05) is 25.3 Å². The van der Waals surface area contributed by atoms with Crippen LogP contribution in [0.4, 0.5) is 15.8 Å². The molecule has 1 fully saturated rings. The van der Waals surface area contributed by atoms with Crippen LogP contribution in [0.2, 0.25) is 0 Å². The van der Waals surface area contributed by atoms with E-state index < -0.39 is 23.7 Å². The number of morpholine rings is 1. The van der Waals surface area contributed by atoms with Gasteiger partial charge in [-0.05, 0) is 30.0 Å². The SMILES string of the molecule is CC(C)CN(CC(C)C)[C@H](C(N)=O)C(=O)Nc1ccc(N2CCOCC2=O)cc1F. The highest BCUT2D eigenvalue weighted by atomic mass is 19.1. The van der Waals surface area contributed by atoms with Crippen LogP contribution in [0.1, 0.15) is 27.7 Å². The highest BCUT2D eigenvalue weighted by Gasteiger charge is 2.32. The average molecular weight is 423 g/mol. The maximum Gasteiger partial charge on any atom is 0.253 e. The van der Waals surface area contributed by atoms with Crippen molar-refractivity contribution >= 4 is 29.1 Å². The minimum atomic E-state index is -1.21. The lowest BCUT2D eigenvalue weighted by molar-refractivity contribution is -0.133. The van der Waals surface area contributed by atoms with Crippen LogP contribution in [0, 0.1) is 17.7 Å². The Kier molecular flexibility index (Phi) is 8.31. The molecule has 9 heteroatoms. The second-order valence-electron chi connectivity index (χ2n) is 8.30. The Labute approximate surface area is 176 Å². The first-order valence-electron chi connectivity index (χ1n) is 10.1. The van der Waals surface area contributed by atoms with Crippen molar-refractivity contribution in [1.82, 2.24) is 4.90 Å². The lowest BCUT2D eigenvalue weighted by atomic mass is 10.1. The quantitative estimate of drug-likeness (QED) is 0.588. The van der Waals surface area contributed by atoms with Crippen LogP contribution in [0.5, 0.6) is 0 Å². The van der Waals surface area contributed by atoms with E-state index in [1.54, 1.807) is 11.0 Å². The van der Waals surface area contributed by atoms with Gasteiger partial charge in [-0.15, -0.1) is 0 Å². The Hall–Kier alpha value is -2.52. The number of hydrogen-bond acceptors (Lipinski definition) is 5. The summed E-state index contributed by atoms with van der Waals surface area (Å²) in [5.74, 6) is -2.02. The number of nitrogens with one attached hydrogen (secondary N) is 1. The molecule has 1 aliphatic heterocycles. The summed E-state index contributed by atoms with van der Waals surface area (Å²) in [6.45, 7) is 9.56. The van der Waals surface area contributed by atoms with Gasteiger partial charge in [-0.1, -0.05) is 27.7 Å². The summed E-state index contributed by atoms with van der Waals surface area (Å²) in [5.41, 5.74) is 5.83. The molecule has 1 aliphatic rings. The molecule has 1 aromatic rings. The number of anilines is 2. The van der Waals surface area contributed by atoms with Crippen LogP contribution < -0.4 is 16.0 Å². The normalized spacial score (nSPS) is 15.7. The van der Waals surface area contributed by atoms with E-state index in [0.29, 0.717) is 31.9 Å². The fourth-order valence-electron chi connectivity index (χ4n) is 3.46. The summed E-state index contributed by atoms with van der Waals surface area (Å²) in [5, 5.41) is 2.48. The van der Waals surface area contributed by atoms with Gasteiger partial charge in [0.25, 0.3) is 11.8 Å². The molecule has 0 spiro atoms. The number of amides is 3. The molecule has 0 bridgehead atoms. The molecule has 0 unspecified atom stereocenters. The number of carbonyl (C=O) groups excluding carboxylic acids is 3. The van der Waals surface area contributed by atoms with Crippen LogP contribution in [-0.4, -0.2) is 61.5 Å². The van der Waals surface area contributed by atoms with E-state index in [9.17, 15) is 18.8 Å². The van der Waals surface area contributed by atoms with Crippen molar-refractivity contribution in [3.8, 4) is 0 Å². The molecule has 0 radical (unpaired) electrons. The Bertz CT molecular complexity index is 774. The van der Waals surface area contributed by atoms with Gasteiger partial charge in [0.2, 0.25) is 5.91 Å². The number of primary amides is 1. The number of ether oxygens (including phenoxy) is 1. The van der Waals surface area contributed by atoms with Crippen molar-refractivity contribution in [3.05, 3.63) is 24.0 Å². The third kappa shape index (κ3) is 6.24. The summed E-state index contributed by atoms with van der Waals surface area (Å²) < 4.78 is 19.7. The van der Waals surface area contributed by atoms with Crippen LogP contribution >= 0.6 is 0 Å². The van der Waals surface area contributed by atoms with Gasteiger partial charge in [0.05, 0.1) is 12.3 Å². The molecule has 0 saturated carbocycles. The molecule has 1 aromatic carbocycles. The highest BCUT2D eigenvalue weighted by molar-refractivity contribution is 6.09. The van der Waals surface area contributed by atoms with Gasteiger partial charge in [0.1, 0.15) is 12.4 Å². The number of carbonyl (C=O) groups is 3. The largest absolute Gasteiger partial charge is 0.370 e. The summed E-state index contributed by atoms with van der Waals surface area (Å²) in [4.78, 5) is 40.0. The Morgan fingerprint density at radius 3 is 2.37 bits per heavy atom. The molecule has 166 valence electrons. The van der Waals surface area contributed by atoms with Gasteiger partial charge >= 0.3 is 0 Å². The lowest BCUT2D eigenvalue weighted by Crippen LogP contribution is -2.54. The fourth-order valence-corrected chi connectivity index (χ4v) is 3.46. The van der Waals surface area contributed by atoms with Gasteiger partial charge in [-0.3, -0.25) is 19.3 Å². The van der Waals surface area contributed by atoms with E-state index in [2.05, 4.69) is 5.32 Å². The molecule has 1 heterocycles. The Morgan fingerprint density at radius 2 is 1.87 bits per heavy atom. The van der Waals surface area contributed by atoms with E-state index >= 15 is 0 Å². The van der Waals surface area contributed by atoms with Crippen molar-refractivity contribution in [1.29, 1.82) is 0 Å². The molecule has 2 rings (SSSR count). The summed E-state index contributed by atoms with van der Waals surface area (Å²) >= 11 is 0. The van der Waals surface area contributed by atoms with Crippen LogP contribution in [0.25, 0.3) is 0 Å². The number of nitrogens with zero attached hydrogens (tertiary/aromatic N) is 2. The maximum atomic E-state index is 14.7. The zero-order valence-electron chi connectivity index (χ0n) is 18.0. The minimum absolute atomic E-state index is 0.0536. The van der Waals surface area contributed by atoms with Crippen LogP contribution in [0.3, 0.4) is 0 Å². The Morgan fingerprint density at radius 1 is 1.23 bits per heavy atom. The standard InChI is InChI=1S/C21H31FN4O4/c1-13(2)10-25(11-14(3)4)19(20(23)28)21(29)24-17-6-5-15(9-16(17)22)26-7-8-30-12-18(26)27/h5-6,9,13-14,19H,7-8,10-12H2,1-4H3,(H2,23,28)(H,24,29)/t19-/m1/s1. The molecule has 8 nitrogen and oxygen atoms in total. The van der Waals surface area contributed by atoms with Gasteiger partial charge < -0.3 is 20.7 Å². The first-order valence-corrected chi connectivity index (χ1v) is 10.1. The molecule has 3 amide bonds. The maximum absolute atomic E-state index is 14.7. The minimum Gasteiger partial charge on any atom is -0.370 e. The zero-order valence-corrected chi connectivity index (χ0v) is 18.0. The van der Waals surface area contributed by atoms with Crippen molar-refractivity contribution in [2.75, 3.05) is 43.1 Å². The van der Waals surface area contributed by atoms with Crippen molar-refractivity contribution in [3.63, 3.8) is 0 Å². The third-order valence-electron chi connectivity index (χ3n) is 4.59. The van der Waals surface area contributed by atoms with E-state index in [1.165, 1.54) is 17.0 Å². The third-order valence-corrected chi connectivity index (χ3v) is 4.59. The monoisotopic (exact) mass is 422 g/mol. The highest BCUT2D eigenvalue weighted by Crippen LogP contribution is 2.24. The smallest absolute Gasteiger partial charge is 0.253 e.